The first-order valence-electron chi connectivity index (χ1n) is 10.4. The van der Waals surface area contributed by atoms with Crippen LogP contribution in [-0.2, 0) is 13.1 Å². The highest BCUT2D eigenvalue weighted by Crippen LogP contribution is 2.29. The van der Waals surface area contributed by atoms with Crippen LogP contribution in [0.5, 0.6) is 0 Å². The molecule has 0 unspecified atom stereocenters. The molecule has 33 heavy (non-hydrogen) atoms. The predicted octanol–water partition coefficient (Wildman–Crippen LogP) is 3.32. The highest BCUT2D eigenvalue weighted by Gasteiger charge is 2.17. The number of imidazole rings is 1. The van der Waals surface area contributed by atoms with E-state index in [1.807, 2.05) is 56.2 Å². The Morgan fingerprint density at radius 2 is 1.85 bits per heavy atom. The molecule has 0 aliphatic heterocycles. The van der Waals surface area contributed by atoms with Crippen molar-refractivity contribution >= 4 is 13.6 Å². The van der Waals surface area contributed by atoms with Gasteiger partial charge in [0, 0.05) is 36.6 Å². The van der Waals surface area contributed by atoms with E-state index in [0.29, 0.717) is 24.5 Å². The summed E-state index contributed by atoms with van der Waals surface area (Å²) < 4.78 is 28.8. The minimum atomic E-state index is -0.588. The molecule has 0 saturated heterocycles. The van der Waals surface area contributed by atoms with Crippen molar-refractivity contribution in [2.75, 3.05) is 0 Å². The maximum absolute atomic E-state index is 13.6. The largest absolute Gasteiger partial charge is 0.340 e. The first-order chi connectivity index (χ1) is 15.9. The van der Waals surface area contributed by atoms with Crippen LogP contribution in [0.15, 0.2) is 61.1 Å². The molecule has 0 fully saturated rings. The van der Waals surface area contributed by atoms with Crippen molar-refractivity contribution in [3.05, 3.63) is 89.8 Å². The normalized spacial score (nSPS) is 11.5. The van der Waals surface area contributed by atoms with Gasteiger partial charge in [-0.25, -0.2) is 23.3 Å². The molecule has 4 heterocycles. The third-order valence-electron chi connectivity index (χ3n) is 5.24. The van der Waals surface area contributed by atoms with E-state index in [1.54, 1.807) is 4.52 Å². The van der Waals surface area contributed by atoms with Gasteiger partial charge in [-0.15, -0.1) is 0 Å². The summed E-state index contributed by atoms with van der Waals surface area (Å²) in [6, 6.07) is 13.2. The summed E-state index contributed by atoms with van der Waals surface area (Å²) in [5, 5.41) is 4.22. The first-order valence-corrected chi connectivity index (χ1v) is 10.4. The molecule has 1 aromatic carbocycles. The molecular formula is C23H20BF2N7. The number of fused-ring (bicyclic) bond motifs is 1. The number of aryl methyl sites for hydroxylation is 1. The molecule has 0 aliphatic rings. The fourth-order valence-corrected chi connectivity index (χ4v) is 3.86. The zero-order chi connectivity index (χ0) is 22.9. The number of aromatic amines is 1. The van der Waals surface area contributed by atoms with Crippen LogP contribution in [0.4, 0.5) is 8.78 Å². The summed E-state index contributed by atoms with van der Waals surface area (Å²) in [7, 11) is 1.87. The second kappa shape index (κ2) is 8.55. The van der Waals surface area contributed by atoms with Gasteiger partial charge in [0.15, 0.2) is 13.6 Å². The summed E-state index contributed by atoms with van der Waals surface area (Å²) in [6.07, 6.45) is 3.39. The molecular weight excluding hydrogens is 423 g/mol. The Bertz CT molecular complexity index is 1430. The smallest absolute Gasteiger partial charge is 0.186 e. The van der Waals surface area contributed by atoms with Crippen molar-refractivity contribution in [1.82, 2.24) is 34.4 Å². The molecule has 0 amide bonds. The minimum Gasteiger partial charge on any atom is -0.340 e. The van der Waals surface area contributed by atoms with Gasteiger partial charge in [-0.1, -0.05) is 6.07 Å². The Morgan fingerprint density at radius 3 is 2.64 bits per heavy atom. The minimum absolute atomic E-state index is 0.369. The maximum Gasteiger partial charge on any atom is 0.186 e. The topological polar surface area (TPSA) is 75.0 Å². The lowest BCUT2D eigenvalue weighted by Gasteiger charge is -2.15. The summed E-state index contributed by atoms with van der Waals surface area (Å²) >= 11 is 0. The Labute approximate surface area is 189 Å². The number of pyridine rings is 2. The van der Waals surface area contributed by atoms with Crippen LogP contribution in [0.3, 0.4) is 0 Å². The van der Waals surface area contributed by atoms with Gasteiger partial charge in [-0.3, -0.25) is 4.98 Å². The Hall–Kier alpha value is -3.92. The lowest BCUT2D eigenvalue weighted by atomic mass is 10.1. The monoisotopic (exact) mass is 443 g/mol. The van der Waals surface area contributed by atoms with Crippen molar-refractivity contribution in [3.63, 3.8) is 0 Å². The average molecular weight is 443 g/mol. The Balaban J connectivity index is 1.49. The number of nitrogens with zero attached hydrogens (tertiary/aromatic N) is 6. The summed E-state index contributed by atoms with van der Waals surface area (Å²) in [4.78, 5) is 19.0. The molecule has 10 heteroatoms. The third-order valence-corrected chi connectivity index (χ3v) is 5.24. The van der Waals surface area contributed by atoms with Crippen LogP contribution in [0.2, 0.25) is 0 Å². The average Bonchev–Trinajstić information content (AvgIpc) is 3.39. The van der Waals surface area contributed by atoms with Gasteiger partial charge in [0.2, 0.25) is 0 Å². The predicted molar refractivity (Wildman–Crippen MR) is 123 cm³/mol. The van der Waals surface area contributed by atoms with Crippen molar-refractivity contribution in [2.24, 2.45) is 0 Å². The molecule has 0 saturated carbocycles. The fourth-order valence-electron chi connectivity index (χ4n) is 3.86. The van der Waals surface area contributed by atoms with Gasteiger partial charge in [-0.05, 0) is 48.9 Å². The van der Waals surface area contributed by atoms with E-state index in [9.17, 15) is 8.78 Å². The first kappa shape index (κ1) is 21.0. The number of benzene rings is 1. The van der Waals surface area contributed by atoms with Gasteiger partial charge < -0.3 is 9.79 Å². The van der Waals surface area contributed by atoms with E-state index >= 15 is 0 Å². The van der Waals surface area contributed by atoms with Crippen molar-refractivity contribution in [3.8, 4) is 22.6 Å². The van der Waals surface area contributed by atoms with Gasteiger partial charge in [0.05, 0.1) is 11.4 Å². The van der Waals surface area contributed by atoms with Crippen LogP contribution in [0.1, 0.15) is 17.1 Å². The highest BCUT2D eigenvalue weighted by molar-refractivity contribution is 6.04. The van der Waals surface area contributed by atoms with Gasteiger partial charge in [-0.2, -0.15) is 5.10 Å². The van der Waals surface area contributed by atoms with E-state index in [4.69, 9.17) is 4.98 Å². The molecule has 1 N–H and O–H groups in total. The Morgan fingerprint density at radius 1 is 1.03 bits per heavy atom. The van der Waals surface area contributed by atoms with Crippen LogP contribution in [0.25, 0.3) is 28.3 Å². The molecule has 0 radical (unpaired) electrons. The zero-order valence-electron chi connectivity index (χ0n) is 18.1. The molecule has 0 spiro atoms. The van der Waals surface area contributed by atoms with Crippen molar-refractivity contribution in [2.45, 2.75) is 20.0 Å². The summed E-state index contributed by atoms with van der Waals surface area (Å²) in [5.41, 5.74) is 5.36. The van der Waals surface area contributed by atoms with Gasteiger partial charge in [0.25, 0.3) is 0 Å². The molecule has 0 bridgehead atoms. The number of halogens is 2. The zero-order valence-corrected chi connectivity index (χ0v) is 18.1. The van der Waals surface area contributed by atoms with Gasteiger partial charge >= 0.3 is 0 Å². The van der Waals surface area contributed by atoms with E-state index in [1.165, 1.54) is 18.5 Å². The Kier molecular flexibility index (Phi) is 5.43. The van der Waals surface area contributed by atoms with E-state index in [-0.39, 0.29) is 0 Å². The van der Waals surface area contributed by atoms with Crippen LogP contribution in [0, 0.1) is 18.6 Å². The number of H-pyrrole nitrogens is 1. The number of hydrogen-bond acceptors (Lipinski definition) is 5. The van der Waals surface area contributed by atoms with E-state index < -0.39 is 11.6 Å². The number of aromatic nitrogens is 6. The third kappa shape index (κ3) is 4.51. The van der Waals surface area contributed by atoms with Gasteiger partial charge in [0.1, 0.15) is 29.5 Å². The SMILES string of the molecule is BN(Cc1cc(F)cc(F)c1)Cc1nc(-c2cccc(C)n2)c(-c2ccc3ncnn3c2)[nH]1. The number of nitrogens with one attached hydrogen (secondary N) is 1. The standard InChI is InChI=1S/C23H20BF2N7/c1-14-3-2-4-19(29-14)23-22(16-5-6-21-27-13-28-33(21)11-16)30-20(31-23)12-32(24)10-15-7-17(25)9-18(26)8-15/h2-9,11,13H,10,12,24H2,1H3,(H,30,31). The molecule has 5 rings (SSSR count). The molecule has 0 atom stereocenters. The van der Waals surface area contributed by atoms with E-state index in [2.05, 4.69) is 20.1 Å². The molecule has 164 valence electrons. The quantitative estimate of drug-likeness (QED) is 0.408. The summed E-state index contributed by atoms with van der Waals surface area (Å²) in [6.45, 7) is 2.75. The number of rotatable bonds is 6. The second-order valence-corrected chi connectivity index (χ2v) is 8.00. The summed E-state index contributed by atoms with van der Waals surface area (Å²) in [5.74, 6) is -0.466. The lowest BCUT2D eigenvalue weighted by molar-refractivity contribution is 0.429. The molecule has 4 aromatic heterocycles. The van der Waals surface area contributed by atoms with Crippen LogP contribution in [-0.4, -0.2) is 42.3 Å². The fraction of sp³-hybridized carbons (Fsp3) is 0.130. The van der Waals surface area contributed by atoms with E-state index in [0.717, 1.165) is 40.1 Å². The van der Waals surface area contributed by atoms with Crippen LogP contribution < -0.4 is 0 Å². The van der Waals surface area contributed by atoms with Crippen molar-refractivity contribution in [1.29, 1.82) is 0 Å². The molecule has 0 aliphatic carbocycles. The highest BCUT2D eigenvalue weighted by atomic mass is 19.1. The lowest BCUT2D eigenvalue weighted by Crippen LogP contribution is -2.20. The van der Waals surface area contributed by atoms with Crippen molar-refractivity contribution < 1.29 is 8.78 Å². The molecule has 5 aromatic rings. The molecule has 7 nitrogen and oxygen atoms in total. The number of hydrogen-bond donors (Lipinski definition) is 1. The van der Waals surface area contributed by atoms with Crippen LogP contribution >= 0.6 is 0 Å². The maximum atomic E-state index is 13.6. The second-order valence-electron chi connectivity index (χ2n) is 8.00.